The van der Waals surface area contributed by atoms with Crippen LogP contribution in [0.1, 0.15) is 18.6 Å². The van der Waals surface area contributed by atoms with Gasteiger partial charge in [0.1, 0.15) is 11.3 Å². The lowest BCUT2D eigenvalue weighted by molar-refractivity contribution is -0.140. The number of hydrogen-bond acceptors (Lipinski definition) is 4. The Bertz CT molecular complexity index is 822. The molecule has 0 saturated carbocycles. The number of likely N-dealkylation sites (tertiary alicyclic amines) is 1. The number of nitrogens with zero attached hydrogens (tertiary/aromatic N) is 3. The molecule has 4 rings (SSSR count). The average Bonchev–Trinajstić information content (AvgIpc) is 3.20. The third-order valence-electron chi connectivity index (χ3n) is 5.81. The quantitative estimate of drug-likeness (QED) is 0.377. The standard InChI is InChI=1S/C22H30N4O3.HI/c1-23-22(24-9-6-19-16-18-4-2-3-5-20(18)29-19)26-10-7-17(8-11-26)21(27)25-12-14-28-15-13-25;/h2-5,16-17H,6-15H2,1H3,(H,23,24);1H. The van der Waals surface area contributed by atoms with Gasteiger partial charge in [-0.2, -0.15) is 0 Å². The number of nitrogens with one attached hydrogen (secondary N) is 1. The number of fused-ring (bicyclic) bond motifs is 1. The molecular formula is C22H31IN4O3. The molecule has 7 nitrogen and oxygen atoms in total. The lowest BCUT2D eigenvalue weighted by atomic mass is 9.95. The summed E-state index contributed by atoms with van der Waals surface area (Å²) in [5.74, 6) is 2.29. The van der Waals surface area contributed by atoms with Gasteiger partial charge in [0, 0.05) is 57.5 Å². The van der Waals surface area contributed by atoms with E-state index in [0.29, 0.717) is 19.1 Å². The lowest BCUT2D eigenvalue weighted by Crippen LogP contribution is -2.50. The third kappa shape index (κ3) is 5.46. The van der Waals surface area contributed by atoms with Crippen molar-refractivity contribution in [2.24, 2.45) is 10.9 Å². The molecular weight excluding hydrogens is 495 g/mol. The van der Waals surface area contributed by atoms with Gasteiger partial charge in [0.2, 0.25) is 5.91 Å². The largest absolute Gasteiger partial charge is 0.461 e. The van der Waals surface area contributed by atoms with Gasteiger partial charge in [0.15, 0.2) is 5.96 Å². The minimum Gasteiger partial charge on any atom is -0.461 e. The van der Waals surface area contributed by atoms with Crippen LogP contribution < -0.4 is 5.32 Å². The molecule has 0 atom stereocenters. The van der Waals surface area contributed by atoms with E-state index in [-0.39, 0.29) is 29.9 Å². The maximum atomic E-state index is 12.7. The van der Waals surface area contributed by atoms with E-state index in [9.17, 15) is 4.79 Å². The van der Waals surface area contributed by atoms with Crippen LogP contribution in [0.15, 0.2) is 39.7 Å². The molecule has 2 aliphatic heterocycles. The second-order valence-corrected chi connectivity index (χ2v) is 7.67. The van der Waals surface area contributed by atoms with Gasteiger partial charge >= 0.3 is 0 Å². The first-order valence-corrected chi connectivity index (χ1v) is 10.5. The topological polar surface area (TPSA) is 70.3 Å². The van der Waals surface area contributed by atoms with E-state index >= 15 is 0 Å². The maximum absolute atomic E-state index is 12.7. The highest BCUT2D eigenvalue weighted by Gasteiger charge is 2.30. The summed E-state index contributed by atoms with van der Waals surface area (Å²) in [7, 11) is 1.81. The van der Waals surface area contributed by atoms with Crippen molar-refractivity contribution in [2.75, 3.05) is 53.0 Å². The Kier molecular flexibility index (Phi) is 8.38. The first-order chi connectivity index (χ1) is 14.2. The van der Waals surface area contributed by atoms with Crippen LogP contribution in [0.2, 0.25) is 0 Å². The third-order valence-corrected chi connectivity index (χ3v) is 5.81. The van der Waals surface area contributed by atoms with Crippen LogP contribution in [0.4, 0.5) is 0 Å². The Hall–Kier alpha value is -1.81. The number of morpholine rings is 1. The maximum Gasteiger partial charge on any atom is 0.225 e. The number of halogens is 1. The number of piperidine rings is 1. The first kappa shape index (κ1) is 22.9. The zero-order valence-electron chi connectivity index (χ0n) is 17.5. The number of rotatable bonds is 4. The number of aliphatic imine (C=N–C) groups is 1. The van der Waals surface area contributed by atoms with Crippen molar-refractivity contribution >= 4 is 46.8 Å². The van der Waals surface area contributed by atoms with Crippen LogP contribution in [0.5, 0.6) is 0 Å². The minimum absolute atomic E-state index is 0. The van der Waals surface area contributed by atoms with E-state index in [1.165, 1.54) is 0 Å². The second-order valence-electron chi connectivity index (χ2n) is 7.67. The Labute approximate surface area is 194 Å². The van der Waals surface area contributed by atoms with Crippen LogP contribution in [-0.2, 0) is 16.0 Å². The van der Waals surface area contributed by atoms with E-state index < -0.39 is 0 Å². The van der Waals surface area contributed by atoms with Gasteiger partial charge in [-0.15, -0.1) is 24.0 Å². The summed E-state index contributed by atoms with van der Waals surface area (Å²) in [6.45, 7) is 5.24. The van der Waals surface area contributed by atoms with Gasteiger partial charge in [-0.25, -0.2) is 0 Å². The molecule has 2 aliphatic rings. The lowest BCUT2D eigenvalue weighted by Gasteiger charge is -2.36. The SMILES string of the molecule is CN=C(NCCc1cc2ccccc2o1)N1CCC(C(=O)N2CCOCC2)CC1.I. The first-order valence-electron chi connectivity index (χ1n) is 10.5. The van der Waals surface area contributed by atoms with E-state index in [4.69, 9.17) is 9.15 Å². The molecule has 1 N–H and O–H groups in total. The summed E-state index contributed by atoms with van der Waals surface area (Å²) in [5, 5.41) is 4.58. The average molecular weight is 526 g/mol. The van der Waals surface area contributed by atoms with Crippen molar-refractivity contribution in [1.82, 2.24) is 15.1 Å². The number of furan rings is 1. The number of ether oxygens (including phenoxy) is 1. The molecule has 0 bridgehead atoms. The molecule has 0 aliphatic carbocycles. The molecule has 0 unspecified atom stereocenters. The van der Waals surface area contributed by atoms with Crippen molar-refractivity contribution in [3.05, 3.63) is 36.1 Å². The van der Waals surface area contributed by atoms with Crippen molar-refractivity contribution < 1.29 is 13.9 Å². The van der Waals surface area contributed by atoms with Crippen LogP contribution in [-0.4, -0.2) is 74.7 Å². The smallest absolute Gasteiger partial charge is 0.225 e. The van der Waals surface area contributed by atoms with Crippen LogP contribution in [0, 0.1) is 5.92 Å². The molecule has 30 heavy (non-hydrogen) atoms. The summed E-state index contributed by atoms with van der Waals surface area (Å²) in [6, 6.07) is 10.2. The number of amides is 1. The molecule has 2 aromatic rings. The fourth-order valence-corrected chi connectivity index (χ4v) is 4.17. The highest BCUT2D eigenvalue weighted by atomic mass is 127. The minimum atomic E-state index is 0. The van der Waals surface area contributed by atoms with E-state index in [1.807, 2.05) is 30.1 Å². The summed E-state index contributed by atoms with van der Waals surface area (Å²) >= 11 is 0. The highest BCUT2D eigenvalue weighted by molar-refractivity contribution is 14.0. The summed E-state index contributed by atoms with van der Waals surface area (Å²) in [4.78, 5) is 21.3. The molecule has 2 saturated heterocycles. The fourth-order valence-electron chi connectivity index (χ4n) is 4.17. The zero-order valence-corrected chi connectivity index (χ0v) is 19.8. The molecule has 0 radical (unpaired) electrons. The Balaban J connectivity index is 0.00000256. The van der Waals surface area contributed by atoms with Crippen LogP contribution in [0.3, 0.4) is 0 Å². The summed E-state index contributed by atoms with van der Waals surface area (Å²) < 4.78 is 11.2. The predicted molar refractivity (Wildman–Crippen MR) is 128 cm³/mol. The van der Waals surface area contributed by atoms with Crippen molar-refractivity contribution in [2.45, 2.75) is 19.3 Å². The van der Waals surface area contributed by atoms with Gasteiger partial charge in [-0.05, 0) is 25.0 Å². The second kappa shape index (κ2) is 11.0. The summed E-state index contributed by atoms with van der Waals surface area (Å²) in [6.07, 6.45) is 2.56. The Morgan fingerprint density at radius 1 is 1.13 bits per heavy atom. The zero-order chi connectivity index (χ0) is 20.1. The molecule has 2 fully saturated rings. The monoisotopic (exact) mass is 526 g/mol. The molecule has 1 amide bonds. The van der Waals surface area contributed by atoms with E-state index in [1.54, 1.807) is 0 Å². The predicted octanol–water partition coefficient (Wildman–Crippen LogP) is 2.74. The van der Waals surface area contributed by atoms with Gasteiger partial charge in [0.25, 0.3) is 0 Å². The fraction of sp³-hybridized carbons (Fsp3) is 0.545. The van der Waals surface area contributed by atoms with E-state index in [2.05, 4.69) is 27.3 Å². The number of carbonyl (C=O) groups excluding carboxylic acids is 1. The van der Waals surface area contributed by atoms with Gasteiger partial charge < -0.3 is 24.3 Å². The van der Waals surface area contributed by atoms with Crippen molar-refractivity contribution in [3.63, 3.8) is 0 Å². The van der Waals surface area contributed by atoms with Crippen LogP contribution in [0.25, 0.3) is 11.0 Å². The number of benzene rings is 1. The molecule has 8 heteroatoms. The van der Waals surface area contributed by atoms with E-state index in [0.717, 1.165) is 74.7 Å². The summed E-state index contributed by atoms with van der Waals surface area (Å²) in [5.41, 5.74) is 0.930. The Morgan fingerprint density at radius 3 is 2.57 bits per heavy atom. The number of guanidine groups is 1. The van der Waals surface area contributed by atoms with Crippen molar-refractivity contribution in [1.29, 1.82) is 0 Å². The molecule has 3 heterocycles. The van der Waals surface area contributed by atoms with Crippen LogP contribution >= 0.6 is 24.0 Å². The normalized spacial score (nSPS) is 18.4. The number of carbonyl (C=O) groups is 1. The molecule has 0 spiro atoms. The molecule has 1 aromatic heterocycles. The van der Waals surface area contributed by atoms with Crippen molar-refractivity contribution in [3.8, 4) is 0 Å². The Morgan fingerprint density at radius 2 is 1.87 bits per heavy atom. The molecule has 1 aromatic carbocycles. The van der Waals surface area contributed by atoms with Gasteiger partial charge in [-0.3, -0.25) is 9.79 Å². The molecule has 164 valence electrons. The number of para-hydroxylation sites is 1. The van der Waals surface area contributed by atoms with Gasteiger partial charge in [-0.1, -0.05) is 18.2 Å². The highest BCUT2D eigenvalue weighted by Crippen LogP contribution is 2.21. The number of hydrogen-bond donors (Lipinski definition) is 1. The van der Waals surface area contributed by atoms with Gasteiger partial charge in [0.05, 0.1) is 13.2 Å².